The van der Waals surface area contributed by atoms with Gasteiger partial charge in [0.05, 0.1) is 6.61 Å². The van der Waals surface area contributed by atoms with Crippen LogP contribution in [0.15, 0.2) is 15.8 Å². The van der Waals surface area contributed by atoms with Crippen molar-refractivity contribution >= 4 is 5.69 Å². The number of nitrogens with two attached hydrogens (primary N) is 2. The summed E-state index contributed by atoms with van der Waals surface area (Å²) in [7, 11) is 0. The number of aromatic nitrogens is 2. The van der Waals surface area contributed by atoms with Gasteiger partial charge in [-0.05, 0) is 6.42 Å². The van der Waals surface area contributed by atoms with E-state index in [4.69, 9.17) is 16.2 Å². The zero-order chi connectivity index (χ0) is 16.0. The third kappa shape index (κ3) is 2.00. The fourth-order valence-electron chi connectivity index (χ4n) is 2.51. The second kappa shape index (κ2) is 4.93. The molecule has 1 aliphatic rings. The van der Waals surface area contributed by atoms with E-state index in [0.717, 1.165) is 6.20 Å². The van der Waals surface area contributed by atoms with Gasteiger partial charge in [0, 0.05) is 6.20 Å². The molecule has 8 N–H and O–H groups in total. The molecular weight excluding hydrogens is 284 g/mol. The predicted molar refractivity (Wildman–Crippen MR) is 71.1 cm³/mol. The zero-order valence-electron chi connectivity index (χ0n) is 11.3. The van der Waals surface area contributed by atoms with Crippen LogP contribution in [0.2, 0.25) is 0 Å². The average molecular weight is 302 g/mol. The van der Waals surface area contributed by atoms with Gasteiger partial charge in [-0.25, -0.2) is 4.79 Å². The molecular formula is C11H18N4O6. The van der Waals surface area contributed by atoms with Crippen molar-refractivity contribution in [1.82, 2.24) is 9.55 Å². The number of nitrogens with zero attached hydrogens (tertiary/aromatic N) is 1. The van der Waals surface area contributed by atoms with Crippen molar-refractivity contribution in [1.29, 1.82) is 0 Å². The monoisotopic (exact) mass is 302 g/mol. The second-order valence-electron chi connectivity index (χ2n) is 4.97. The molecule has 2 heterocycles. The lowest BCUT2D eigenvalue weighted by molar-refractivity contribution is -0.196. The minimum absolute atomic E-state index is 0.0767. The number of hydrogen-bond acceptors (Lipinski definition) is 8. The Labute approximate surface area is 118 Å². The Morgan fingerprint density at radius 2 is 2.14 bits per heavy atom. The summed E-state index contributed by atoms with van der Waals surface area (Å²) in [6, 6.07) is 0. The van der Waals surface area contributed by atoms with Gasteiger partial charge in [-0.2, -0.15) is 0 Å². The van der Waals surface area contributed by atoms with E-state index < -0.39 is 41.5 Å². The van der Waals surface area contributed by atoms with Gasteiger partial charge in [0.1, 0.15) is 17.9 Å². The highest BCUT2D eigenvalue weighted by molar-refractivity contribution is 5.31. The molecule has 0 radical (unpaired) electrons. The summed E-state index contributed by atoms with van der Waals surface area (Å²) in [5.41, 5.74) is 7.28. The number of aliphatic hydroxyl groups is 3. The molecule has 2 rings (SSSR count). The van der Waals surface area contributed by atoms with Gasteiger partial charge in [-0.3, -0.25) is 20.1 Å². The van der Waals surface area contributed by atoms with Crippen LogP contribution in [-0.2, 0) is 10.6 Å². The summed E-state index contributed by atoms with van der Waals surface area (Å²) < 4.78 is 5.99. The van der Waals surface area contributed by atoms with Crippen molar-refractivity contribution < 1.29 is 20.1 Å². The molecule has 0 spiro atoms. The van der Waals surface area contributed by atoms with Crippen LogP contribution in [-0.4, -0.2) is 49.3 Å². The normalized spacial score (nSPS) is 36.0. The van der Waals surface area contributed by atoms with Gasteiger partial charge < -0.3 is 25.8 Å². The van der Waals surface area contributed by atoms with Gasteiger partial charge in [0.15, 0.2) is 5.60 Å². The number of aliphatic hydroxyl groups excluding tert-OH is 2. The molecule has 21 heavy (non-hydrogen) atoms. The minimum Gasteiger partial charge on any atom is -0.394 e. The van der Waals surface area contributed by atoms with Crippen LogP contribution >= 0.6 is 0 Å². The van der Waals surface area contributed by atoms with Gasteiger partial charge in [0.25, 0.3) is 5.56 Å². The molecule has 1 saturated heterocycles. The molecule has 1 fully saturated rings. The first-order chi connectivity index (χ1) is 9.71. The van der Waals surface area contributed by atoms with Crippen LogP contribution in [0.5, 0.6) is 0 Å². The molecule has 0 aromatic carbocycles. The second-order valence-corrected chi connectivity index (χ2v) is 4.97. The van der Waals surface area contributed by atoms with Crippen molar-refractivity contribution in [3.63, 3.8) is 0 Å². The lowest BCUT2D eigenvalue weighted by atomic mass is 9.88. The van der Waals surface area contributed by atoms with Crippen molar-refractivity contribution in [3.05, 3.63) is 27.0 Å². The van der Waals surface area contributed by atoms with Crippen molar-refractivity contribution in [2.24, 2.45) is 5.73 Å². The van der Waals surface area contributed by atoms with Crippen LogP contribution in [0.1, 0.15) is 13.3 Å². The van der Waals surface area contributed by atoms with Gasteiger partial charge in [-0.1, -0.05) is 6.92 Å². The Kier molecular flexibility index (Phi) is 3.68. The number of anilines is 1. The van der Waals surface area contributed by atoms with Gasteiger partial charge >= 0.3 is 5.69 Å². The number of aromatic amines is 1. The highest BCUT2D eigenvalue weighted by Gasteiger charge is 2.64. The molecule has 10 nitrogen and oxygen atoms in total. The Bertz CT molecular complexity index is 657. The quantitative estimate of drug-likeness (QED) is 0.334. The summed E-state index contributed by atoms with van der Waals surface area (Å²) >= 11 is 0. The van der Waals surface area contributed by atoms with Crippen molar-refractivity contribution in [2.75, 3.05) is 12.3 Å². The molecule has 0 unspecified atom stereocenters. The largest absolute Gasteiger partial charge is 0.394 e. The number of ether oxygens (including phenoxy) is 1. The highest BCUT2D eigenvalue weighted by atomic mass is 16.6. The summed E-state index contributed by atoms with van der Waals surface area (Å²) in [5, 5.41) is 29.9. The SMILES string of the molecule is CC[C@@]1(O)[C@H](O)[C@@H](CO)O[C@@]1(N)n1cc(N)c(=O)[nH]c1=O. The molecule has 1 aromatic rings. The topological polar surface area (TPSA) is 177 Å². The van der Waals surface area contributed by atoms with Crippen LogP contribution in [0.25, 0.3) is 0 Å². The number of rotatable bonds is 3. The average Bonchev–Trinajstić information content (AvgIpc) is 2.65. The molecule has 4 atom stereocenters. The highest BCUT2D eigenvalue weighted by Crippen LogP contribution is 2.41. The first-order valence-electron chi connectivity index (χ1n) is 6.31. The summed E-state index contributed by atoms with van der Waals surface area (Å²) in [6.45, 7) is 0.907. The summed E-state index contributed by atoms with van der Waals surface area (Å²) in [6.07, 6.45) is -1.88. The Balaban J connectivity index is 2.68. The third-order valence-electron chi connectivity index (χ3n) is 3.84. The van der Waals surface area contributed by atoms with E-state index in [2.05, 4.69) is 0 Å². The number of nitrogen functional groups attached to an aromatic ring is 1. The van der Waals surface area contributed by atoms with E-state index in [1.54, 1.807) is 0 Å². The van der Waals surface area contributed by atoms with E-state index in [9.17, 15) is 24.9 Å². The van der Waals surface area contributed by atoms with E-state index in [0.29, 0.717) is 4.57 Å². The summed E-state index contributed by atoms with van der Waals surface area (Å²) in [5.74, 6) is -2.19. The molecule has 0 aliphatic carbocycles. The summed E-state index contributed by atoms with van der Waals surface area (Å²) in [4.78, 5) is 25.2. The minimum atomic E-state index is -2.19. The van der Waals surface area contributed by atoms with Gasteiger partial charge in [0.2, 0.25) is 5.85 Å². The molecule has 1 aliphatic heterocycles. The molecule has 10 heteroatoms. The lowest BCUT2D eigenvalue weighted by Crippen LogP contribution is -2.65. The predicted octanol–water partition coefficient (Wildman–Crippen LogP) is -3.42. The fraction of sp³-hybridized carbons (Fsp3) is 0.636. The van der Waals surface area contributed by atoms with Crippen LogP contribution in [0.4, 0.5) is 5.69 Å². The van der Waals surface area contributed by atoms with Crippen LogP contribution in [0, 0.1) is 0 Å². The first-order valence-corrected chi connectivity index (χ1v) is 6.31. The smallest absolute Gasteiger partial charge is 0.331 e. The maximum atomic E-state index is 11.9. The maximum absolute atomic E-state index is 11.9. The van der Waals surface area contributed by atoms with Gasteiger partial charge in [-0.15, -0.1) is 0 Å². The Hall–Kier alpha value is -1.72. The molecule has 0 amide bonds. The van der Waals surface area contributed by atoms with E-state index >= 15 is 0 Å². The Morgan fingerprint density at radius 1 is 1.52 bits per heavy atom. The Morgan fingerprint density at radius 3 is 2.67 bits per heavy atom. The molecule has 118 valence electrons. The van der Waals surface area contributed by atoms with E-state index in [-0.39, 0.29) is 12.1 Å². The lowest BCUT2D eigenvalue weighted by Gasteiger charge is -2.38. The fourth-order valence-corrected chi connectivity index (χ4v) is 2.51. The van der Waals surface area contributed by atoms with Crippen LogP contribution < -0.4 is 22.7 Å². The van der Waals surface area contributed by atoms with Crippen molar-refractivity contribution in [3.8, 4) is 0 Å². The van der Waals surface area contributed by atoms with E-state index in [1.807, 2.05) is 4.98 Å². The molecule has 0 bridgehead atoms. The number of H-pyrrole nitrogens is 1. The number of hydrogen-bond donors (Lipinski definition) is 6. The standard InChI is InChI=1S/C11H18N4O6/c1-2-10(20)7(17)6(4-16)21-11(10,13)15-3-5(12)8(18)14-9(15)19/h3,6-7,16-17,20H,2,4,12-13H2,1H3,(H,14,18,19)/t6-,7-,10-,11+/m1/s1. The maximum Gasteiger partial charge on any atom is 0.331 e. The number of nitrogens with one attached hydrogen (secondary N) is 1. The molecule has 1 aromatic heterocycles. The molecule has 0 saturated carbocycles. The van der Waals surface area contributed by atoms with Crippen molar-refractivity contribution in [2.45, 2.75) is 37.0 Å². The first kappa shape index (κ1) is 15.7. The van der Waals surface area contributed by atoms with Crippen LogP contribution in [0.3, 0.4) is 0 Å². The zero-order valence-corrected chi connectivity index (χ0v) is 11.3. The third-order valence-corrected chi connectivity index (χ3v) is 3.84. The van der Waals surface area contributed by atoms with E-state index in [1.165, 1.54) is 6.92 Å².